The summed E-state index contributed by atoms with van der Waals surface area (Å²) in [6.45, 7) is 3.12. The summed E-state index contributed by atoms with van der Waals surface area (Å²) in [5.74, 6) is 0.639. The van der Waals surface area contributed by atoms with Crippen molar-refractivity contribution in [3.63, 3.8) is 0 Å². The third-order valence-electron chi connectivity index (χ3n) is 4.18. The molecule has 0 aromatic carbocycles. The molecular formula is C14H20N2OS. The predicted octanol–water partition coefficient (Wildman–Crippen LogP) is 2.24. The van der Waals surface area contributed by atoms with Crippen molar-refractivity contribution in [3.05, 3.63) is 21.9 Å². The molecule has 1 aromatic rings. The number of nitrogens with one attached hydrogen (secondary N) is 2. The van der Waals surface area contributed by atoms with Crippen molar-refractivity contribution in [3.8, 4) is 0 Å². The van der Waals surface area contributed by atoms with E-state index in [-0.39, 0.29) is 18.0 Å². The molecule has 2 aliphatic rings. The number of amides is 1. The maximum absolute atomic E-state index is 12.3. The third kappa shape index (κ3) is 2.19. The second-order valence-corrected chi connectivity index (χ2v) is 6.45. The fourth-order valence-corrected chi connectivity index (χ4v) is 4.07. The van der Waals surface area contributed by atoms with Gasteiger partial charge < -0.3 is 10.6 Å². The van der Waals surface area contributed by atoms with Gasteiger partial charge in [-0.1, -0.05) is 6.92 Å². The highest BCUT2D eigenvalue weighted by Gasteiger charge is 2.31. The van der Waals surface area contributed by atoms with Crippen molar-refractivity contribution in [2.45, 2.75) is 44.7 Å². The molecule has 3 nitrogen and oxygen atoms in total. The standard InChI is InChI=1S/C14H20N2OS/c1-9-5-7-15-13(9)14(17)16-11-3-2-4-12-10(11)6-8-18-12/h6,8-9,11,13,15H,2-5,7H2,1H3,(H,16,17). The van der Waals surface area contributed by atoms with Crippen LogP contribution in [0.25, 0.3) is 0 Å². The molecule has 4 heteroatoms. The third-order valence-corrected chi connectivity index (χ3v) is 5.18. The van der Waals surface area contributed by atoms with E-state index in [0.717, 1.165) is 19.4 Å². The van der Waals surface area contributed by atoms with Gasteiger partial charge in [0.25, 0.3) is 0 Å². The second kappa shape index (κ2) is 5.02. The molecule has 18 heavy (non-hydrogen) atoms. The quantitative estimate of drug-likeness (QED) is 0.860. The zero-order valence-corrected chi connectivity index (χ0v) is 11.6. The van der Waals surface area contributed by atoms with Crippen molar-refractivity contribution in [2.75, 3.05) is 6.54 Å². The predicted molar refractivity (Wildman–Crippen MR) is 73.7 cm³/mol. The van der Waals surface area contributed by atoms with Crippen molar-refractivity contribution in [1.29, 1.82) is 0 Å². The van der Waals surface area contributed by atoms with Crippen LogP contribution in [-0.2, 0) is 11.2 Å². The van der Waals surface area contributed by atoms with Gasteiger partial charge in [-0.2, -0.15) is 0 Å². The van der Waals surface area contributed by atoms with Crippen LogP contribution in [0.5, 0.6) is 0 Å². The molecule has 2 heterocycles. The van der Waals surface area contributed by atoms with Gasteiger partial charge in [0.2, 0.25) is 5.91 Å². The zero-order chi connectivity index (χ0) is 12.5. The van der Waals surface area contributed by atoms with Crippen molar-refractivity contribution < 1.29 is 4.79 Å². The summed E-state index contributed by atoms with van der Waals surface area (Å²) < 4.78 is 0. The summed E-state index contributed by atoms with van der Waals surface area (Å²) in [5, 5.41) is 8.69. The fourth-order valence-electron chi connectivity index (χ4n) is 3.08. The Kier molecular flexibility index (Phi) is 3.39. The Morgan fingerprint density at radius 3 is 3.17 bits per heavy atom. The maximum Gasteiger partial charge on any atom is 0.237 e. The highest BCUT2D eigenvalue weighted by molar-refractivity contribution is 7.10. The molecular weight excluding hydrogens is 244 g/mol. The fraction of sp³-hybridized carbons (Fsp3) is 0.643. The van der Waals surface area contributed by atoms with Crippen LogP contribution in [0, 0.1) is 5.92 Å². The van der Waals surface area contributed by atoms with Gasteiger partial charge in [0.05, 0.1) is 12.1 Å². The molecule has 0 bridgehead atoms. The molecule has 3 atom stereocenters. The summed E-state index contributed by atoms with van der Waals surface area (Å²) in [6, 6.07) is 2.42. The minimum Gasteiger partial charge on any atom is -0.348 e. The number of hydrogen-bond acceptors (Lipinski definition) is 3. The van der Waals surface area contributed by atoms with Gasteiger partial charge in [-0.15, -0.1) is 11.3 Å². The lowest BCUT2D eigenvalue weighted by atomic mass is 9.93. The Hall–Kier alpha value is -0.870. The first-order valence-corrected chi connectivity index (χ1v) is 7.73. The average molecular weight is 264 g/mol. The van der Waals surface area contributed by atoms with Crippen molar-refractivity contribution >= 4 is 17.2 Å². The number of carbonyl (C=O) groups is 1. The summed E-state index contributed by atoms with van der Waals surface area (Å²) in [7, 11) is 0. The van der Waals surface area contributed by atoms with Crippen LogP contribution >= 0.6 is 11.3 Å². The Labute approximate surface area is 112 Å². The molecule has 2 N–H and O–H groups in total. The Balaban J connectivity index is 1.69. The van der Waals surface area contributed by atoms with E-state index in [2.05, 4.69) is 29.0 Å². The summed E-state index contributed by atoms with van der Waals surface area (Å²) in [5.41, 5.74) is 1.35. The minimum atomic E-state index is 0.00834. The first kappa shape index (κ1) is 12.2. The molecule has 0 saturated carbocycles. The van der Waals surface area contributed by atoms with Crippen LogP contribution in [0.2, 0.25) is 0 Å². The molecule has 0 radical (unpaired) electrons. The lowest BCUT2D eigenvalue weighted by Gasteiger charge is -2.26. The van der Waals surface area contributed by atoms with E-state index in [9.17, 15) is 4.79 Å². The van der Waals surface area contributed by atoms with E-state index in [1.807, 2.05) is 11.3 Å². The largest absolute Gasteiger partial charge is 0.348 e. The van der Waals surface area contributed by atoms with Crippen LogP contribution in [0.15, 0.2) is 11.4 Å². The van der Waals surface area contributed by atoms with E-state index in [1.165, 1.54) is 23.3 Å². The molecule has 1 fully saturated rings. The molecule has 98 valence electrons. The highest BCUT2D eigenvalue weighted by atomic mass is 32.1. The van der Waals surface area contributed by atoms with E-state index in [0.29, 0.717) is 5.92 Å². The minimum absolute atomic E-state index is 0.00834. The second-order valence-electron chi connectivity index (χ2n) is 5.45. The van der Waals surface area contributed by atoms with Gasteiger partial charge in [-0.05, 0) is 55.2 Å². The summed E-state index contributed by atoms with van der Waals surface area (Å²) >= 11 is 1.82. The number of rotatable bonds is 2. The first-order valence-electron chi connectivity index (χ1n) is 6.85. The van der Waals surface area contributed by atoms with E-state index in [1.54, 1.807) is 0 Å². The average Bonchev–Trinajstić information content (AvgIpc) is 2.97. The zero-order valence-electron chi connectivity index (χ0n) is 10.7. The molecule has 1 aliphatic carbocycles. The monoisotopic (exact) mass is 264 g/mol. The molecule has 1 aromatic heterocycles. The normalized spacial score (nSPS) is 31.1. The lowest BCUT2D eigenvalue weighted by molar-refractivity contribution is -0.124. The molecule has 0 spiro atoms. The number of carbonyl (C=O) groups excluding carboxylic acids is 1. The van der Waals surface area contributed by atoms with Crippen molar-refractivity contribution in [2.24, 2.45) is 5.92 Å². The van der Waals surface area contributed by atoms with Gasteiger partial charge in [-0.25, -0.2) is 0 Å². The highest BCUT2D eigenvalue weighted by Crippen LogP contribution is 2.33. The maximum atomic E-state index is 12.3. The number of thiophene rings is 1. The summed E-state index contributed by atoms with van der Waals surface area (Å²) in [6.07, 6.45) is 4.55. The Bertz CT molecular complexity index is 443. The van der Waals surface area contributed by atoms with Gasteiger partial charge in [0, 0.05) is 4.88 Å². The summed E-state index contributed by atoms with van der Waals surface area (Å²) in [4.78, 5) is 13.7. The van der Waals surface area contributed by atoms with Crippen molar-refractivity contribution in [1.82, 2.24) is 10.6 Å². The molecule has 1 aliphatic heterocycles. The van der Waals surface area contributed by atoms with E-state index in [4.69, 9.17) is 0 Å². The van der Waals surface area contributed by atoms with Gasteiger partial charge in [-0.3, -0.25) is 4.79 Å². The number of hydrogen-bond donors (Lipinski definition) is 2. The topological polar surface area (TPSA) is 41.1 Å². The van der Waals surface area contributed by atoms with Gasteiger partial charge in [0.1, 0.15) is 0 Å². The first-order chi connectivity index (χ1) is 8.75. The van der Waals surface area contributed by atoms with Crippen LogP contribution in [0.4, 0.5) is 0 Å². The van der Waals surface area contributed by atoms with Gasteiger partial charge >= 0.3 is 0 Å². The van der Waals surface area contributed by atoms with Crippen LogP contribution < -0.4 is 10.6 Å². The molecule has 3 unspecified atom stereocenters. The smallest absolute Gasteiger partial charge is 0.237 e. The van der Waals surface area contributed by atoms with Crippen LogP contribution in [0.1, 0.15) is 42.7 Å². The van der Waals surface area contributed by atoms with E-state index < -0.39 is 0 Å². The van der Waals surface area contributed by atoms with Crippen LogP contribution in [0.3, 0.4) is 0 Å². The Morgan fingerprint density at radius 1 is 1.50 bits per heavy atom. The Morgan fingerprint density at radius 2 is 2.39 bits per heavy atom. The SMILES string of the molecule is CC1CCNC1C(=O)NC1CCCc2sccc21. The molecule has 3 rings (SSSR count). The van der Waals surface area contributed by atoms with Crippen LogP contribution in [-0.4, -0.2) is 18.5 Å². The lowest BCUT2D eigenvalue weighted by Crippen LogP contribution is -2.45. The molecule has 1 amide bonds. The number of fused-ring (bicyclic) bond motifs is 1. The molecule has 1 saturated heterocycles. The van der Waals surface area contributed by atoms with Gasteiger partial charge in [0.15, 0.2) is 0 Å². The number of aryl methyl sites for hydroxylation is 1. The van der Waals surface area contributed by atoms with E-state index >= 15 is 0 Å².